The van der Waals surface area contributed by atoms with E-state index in [1.165, 1.54) is 6.92 Å². The van der Waals surface area contributed by atoms with Crippen LogP contribution in [0.15, 0.2) is 23.0 Å². The molecule has 1 aromatic heterocycles. The van der Waals surface area contributed by atoms with Crippen molar-refractivity contribution in [1.82, 2.24) is 25.7 Å². The van der Waals surface area contributed by atoms with Crippen molar-refractivity contribution in [3.8, 4) is 5.69 Å². The highest BCUT2D eigenvalue weighted by molar-refractivity contribution is 5.71. The summed E-state index contributed by atoms with van der Waals surface area (Å²) in [6.45, 7) is 3.35. The van der Waals surface area contributed by atoms with E-state index in [1.54, 1.807) is 12.1 Å². The summed E-state index contributed by atoms with van der Waals surface area (Å²) in [5.74, 6) is -0.297. The van der Waals surface area contributed by atoms with E-state index < -0.39 is 5.69 Å². The van der Waals surface area contributed by atoms with Crippen LogP contribution in [-0.2, 0) is 16.2 Å². The van der Waals surface area contributed by atoms with Crippen molar-refractivity contribution in [2.45, 2.75) is 20.5 Å². The number of amides is 1. The SMILES string of the molecule is CC(=O)NOCc1c(C)cccc1-n1nn[nH]c1=O. The molecular formula is C11H13N5O3. The van der Waals surface area contributed by atoms with Gasteiger partial charge in [0.05, 0.1) is 5.69 Å². The van der Waals surface area contributed by atoms with Crippen molar-refractivity contribution in [1.29, 1.82) is 0 Å². The van der Waals surface area contributed by atoms with Gasteiger partial charge < -0.3 is 0 Å². The molecule has 0 aliphatic heterocycles. The number of hydrogen-bond donors (Lipinski definition) is 2. The molecule has 19 heavy (non-hydrogen) atoms. The van der Waals surface area contributed by atoms with E-state index in [0.29, 0.717) is 5.69 Å². The van der Waals surface area contributed by atoms with Gasteiger partial charge in [-0.05, 0) is 29.0 Å². The Morgan fingerprint density at radius 1 is 1.53 bits per heavy atom. The summed E-state index contributed by atoms with van der Waals surface area (Å²) in [6, 6.07) is 5.40. The van der Waals surface area contributed by atoms with Crippen LogP contribution >= 0.6 is 0 Å². The summed E-state index contributed by atoms with van der Waals surface area (Å²) in [7, 11) is 0. The summed E-state index contributed by atoms with van der Waals surface area (Å²) >= 11 is 0. The highest BCUT2D eigenvalue weighted by atomic mass is 16.6. The molecule has 0 bridgehead atoms. The van der Waals surface area contributed by atoms with Gasteiger partial charge in [0.1, 0.15) is 6.61 Å². The minimum atomic E-state index is -0.439. The third kappa shape index (κ3) is 2.86. The summed E-state index contributed by atoms with van der Waals surface area (Å²) in [6.07, 6.45) is 0. The second-order valence-electron chi connectivity index (χ2n) is 3.94. The molecule has 0 fully saturated rings. The van der Waals surface area contributed by atoms with Gasteiger partial charge in [-0.15, -0.1) is 0 Å². The second-order valence-corrected chi connectivity index (χ2v) is 3.94. The quantitative estimate of drug-likeness (QED) is 0.746. The molecule has 2 rings (SSSR count). The molecule has 1 aromatic carbocycles. The minimum Gasteiger partial charge on any atom is -0.273 e. The zero-order valence-electron chi connectivity index (χ0n) is 10.5. The fraction of sp³-hybridized carbons (Fsp3) is 0.273. The van der Waals surface area contributed by atoms with Crippen LogP contribution in [0.25, 0.3) is 5.69 Å². The molecule has 1 heterocycles. The summed E-state index contributed by atoms with van der Waals surface area (Å²) in [5, 5.41) is 9.35. The van der Waals surface area contributed by atoms with Gasteiger partial charge in [0.2, 0.25) is 5.91 Å². The first-order valence-electron chi connectivity index (χ1n) is 5.57. The van der Waals surface area contributed by atoms with Crippen LogP contribution in [0, 0.1) is 6.92 Å². The number of tetrazole rings is 1. The van der Waals surface area contributed by atoms with Crippen molar-refractivity contribution in [2.24, 2.45) is 0 Å². The van der Waals surface area contributed by atoms with Gasteiger partial charge in [-0.2, -0.15) is 4.68 Å². The van der Waals surface area contributed by atoms with Gasteiger partial charge in [-0.1, -0.05) is 12.1 Å². The Kier molecular flexibility index (Phi) is 3.71. The lowest BCUT2D eigenvalue weighted by atomic mass is 10.1. The average molecular weight is 263 g/mol. The van der Waals surface area contributed by atoms with Gasteiger partial charge in [0, 0.05) is 12.5 Å². The molecule has 0 aliphatic rings. The van der Waals surface area contributed by atoms with Gasteiger partial charge >= 0.3 is 5.69 Å². The Hall–Kier alpha value is -2.48. The lowest BCUT2D eigenvalue weighted by Gasteiger charge is -2.11. The maximum Gasteiger partial charge on any atom is 0.365 e. The van der Waals surface area contributed by atoms with Crippen LogP contribution in [-0.4, -0.2) is 26.1 Å². The fourth-order valence-electron chi connectivity index (χ4n) is 1.64. The molecule has 0 saturated carbocycles. The van der Waals surface area contributed by atoms with Crippen LogP contribution in [0.5, 0.6) is 0 Å². The molecule has 0 aliphatic carbocycles. The third-order valence-electron chi connectivity index (χ3n) is 2.52. The molecule has 8 heteroatoms. The van der Waals surface area contributed by atoms with E-state index in [9.17, 15) is 9.59 Å². The van der Waals surface area contributed by atoms with Crippen LogP contribution in [0.4, 0.5) is 0 Å². The number of aromatic amines is 1. The summed E-state index contributed by atoms with van der Waals surface area (Å²) in [4.78, 5) is 27.4. The molecule has 0 saturated heterocycles. The Labute approximate surface area is 108 Å². The molecule has 0 unspecified atom stereocenters. The predicted molar refractivity (Wildman–Crippen MR) is 65.3 cm³/mol. The number of rotatable bonds is 4. The number of nitrogens with one attached hydrogen (secondary N) is 2. The van der Waals surface area contributed by atoms with Crippen molar-refractivity contribution in [3.63, 3.8) is 0 Å². The van der Waals surface area contributed by atoms with E-state index >= 15 is 0 Å². The van der Waals surface area contributed by atoms with E-state index in [4.69, 9.17) is 4.84 Å². The number of aromatic nitrogens is 4. The van der Waals surface area contributed by atoms with Crippen LogP contribution < -0.4 is 11.2 Å². The highest BCUT2D eigenvalue weighted by Gasteiger charge is 2.11. The number of nitrogens with zero attached hydrogens (tertiary/aromatic N) is 3. The first-order valence-corrected chi connectivity index (χ1v) is 5.57. The van der Waals surface area contributed by atoms with E-state index in [1.807, 2.05) is 13.0 Å². The zero-order valence-corrected chi connectivity index (χ0v) is 10.5. The van der Waals surface area contributed by atoms with Crippen LogP contribution in [0.1, 0.15) is 18.1 Å². The number of hydroxylamine groups is 1. The first kappa shape index (κ1) is 13.0. The number of carbonyl (C=O) groups is 1. The summed E-state index contributed by atoms with van der Waals surface area (Å²) in [5.41, 5.74) is 4.02. The summed E-state index contributed by atoms with van der Waals surface area (Å²) < 4.78 is 1.14. The van der Waals surface area contributed by atoms with Crippen LogP contribution in [0.3, 0.4) is 0 Å². The smallest absolute Gasteiger partial charge is 0.273 e. The molecule has 2 N–H and O–H groups in total. The number of benzene rings is 1. The maximum absolute atomic E-state index is 11.5. The van der Waals surface area contributed by atoms with Gasteiger partial charge in [0.25, 0.3) is 0 Å². The molecule has 0 radical (unpaired) electrons. The minimum absolute atomic E-state index is 0.126. The molecule has 100 valence electrons. The Morgan fingerprint density at radius 3 is 2.95 bits per heavy atom. The van der Waals surface area contributed by atoms with Gasteiger partial charge in [-0.3, -0.25) is 9.63 Å². The molecule has 0 spiro atoms. The first-order chi connectivity index (χ1) is 9.09. The molecule has 0 atom stereocenters. The Bertz CT molecular complexity index is 646. The van der Waals surface area contributed by atoms with Crippen molar-refractivity contribution in [3.05, 3.63) is 39.8 Å². The van der Waals surface area contributed by atoms with E-state index in [2.05, 4.69) is 21.0 Å². The van der Waals surface area contributed by atoms with Crippen LogP contribution in [0.2, 0.25) is 0 Å². The van der Waals surface area contributed by atoms with Gasteiger partial charge in [0.15, 0.2) is 0 Å². The Morgan fingerprint density at radius 2 is 2.32 bits per heavy atom. The lowest BCUT2D eigenvalue weighted by Crippen LogP contribution is -2.22. The number of aryl methyl sites for hydroxylation is 1. The largest absolute Gasteiger partial charge is 0.365 e. The van der Waals surface area contributed by atoms with Crippen molar-refractivity contribution < 1.29 is 9.63 Å². The predicted octanol–water partition coefficient (Wildman–Crippen LogP) is -0.168. The zero-order chi connectivity index (χ0) is 13.8. The number of H-pyrrole nitrogens is 1. The monoisotopic (exact) mass is 263 g/mol. The van der Waals surface area contributed by atoms with E-state index in [0.717, 1.165) is 15.8 Å². The normalized spacial score (nSPS) is 10.4. The maximum atomic E-state index is 11.5. The lowest BCUT2D eigenvalue weighted by molar-refractivity contribution is -0.132. The molecule has 8 nitrogen and oxygen atoms in total. The van der Waals surface area contributed by atoms with Crippen molar-refractivity contribution >= 4 is 5.91 Å². The van der Waals surface area contributed by atoms with Gasteiger partial charge in [-0.25, -0.2) is 15.4 Å². The molecular weight excluding hydrogens is 250 g/mol. The highest BCUT2D eigenvalue weighted by Crippen LogP contribution is 2.17. The fourth-order valence-corrected chi connectivity index (χ4v) is 1.64. The van der Waals surface area contributed by atoms with Crippen molar-refractivity contribution in [2.75, 3.05) is 0 Å². The topological polar surface area (TPSA) is 102 Å². The van der Waals surface area contributed by atoms with E-state index in [-0.39, 0.29) is 12.5 Å². The average Bonchev–Trinajstić information content (AvgIpc) is 2.77. The number of hydrogen-bond acceptors (Lipinski definition) is 5. The third-order valence-corrected chi connectivity index (χ3v) is 2.52. The molecule has 2 aromatic rings. The Balaban J connectivity index is 2.34. The number of carbonyl (C=O) groups excluding carboxylic acids is 1. The molecule has 1 amide bonds. The second kappa shape index (κ2) is 5.44. The standard InChI is InChI=1S/C11H13N5O3/c1-7-4-3-5-10(16-11(18)12-14-15-16)9(7)6-19-13-8(2)17/h3-5H,6H2,1-2H3,(H,13,17)(H,12,15,18).